The van der Waals surface area contributed by atoms with Crippen molar-refractivity contribution < 1.29 is 4.79 Å². The lowest BCUT2D eigenvalue weighted by Crippen LogP contribution is -2.33. The Kier molecular flexibility index (Phi) is 6.14. The molecule has 0 atom stereocenters. The molecule has 5 nitrogen and oxygen atoms in total. The zero-order valence-corrected chi connectivity index (χ0v) is 17.1. The Morgan fingerprint density at radius 2 is 1.71 bits per heavy atom. The highest BCUT2D eigenvalue weighted by Gasteiger charge is 2.18. The van der Waals surface area contributed by atoms with Crippen LogP contribution in [0.25, 0.3) is 0 Å². The number of aryl methyl sites for hydroxylation is 2. The fourth-order valence-electron chi connectivity index (χ4n) is 3.28. The van der Waals surface area contributed by atoms with E-state index < -0.39 is 0 Å². The third kappa shape index (κ3) is 4.60. The molecule has 0 saturated heterocycles. The number of aromatic nitrogens is 2. The molecule has 1 amide bonds. The Bertz CT molecular complexity index is 929. The molecule has 0 aliphatic carbocycles. The molecule has 0 bridgehead atoms. The van der Waals surface area contributed by atoms with Crippen LogP contribution in [0.1, 0.15) is 32.9 Å². The number of nitrogens with zero attached hydrogens (tertiary/aromatic N) is 3. The molecule has 2 aromatic carbocycles. The predicted octanol–water partition coefficient (Wildman–Crippen LogP) is 3.72. The molecule has 0 saturated carbocycles. The lowest BCUT2D eigenvalue weighted by Gasteiger charge is -2.19. The molecule has 0 fully saturated rings. The minimum Gasteiger partial charge on any atom is -0.373 e. The standard InChI is InChI=1S/C23H28N4O/c1-17-10-12-20(13-11-17)16-27-19(3)22(18(2)25-27)23(28)24-14-15-26(4)21-8-6-5-7-9-21/h5-13H,14-16H2,1-4H3,(H,24,28). The van der Waals surface area contributed by atoms with Crippen LogP contribution in [0.15, 0.2) is 54.6 Å². The normalized spacial score (nSPS) is 10.7. The third-order valence-corrected chi connectivity index (χ3v) is 4.99. The van der Waals surface area contributed by atoms with E-state index in [0.717, 1.165) is 23.6 Å². The van der Waals surface area contributed by atoms with Gasteiger partial charge in [0.25, 0.3) is 5.91 Å². The summed E-state index contributed by atoms with van der Waals surface area (Å²) in [5, 5.41) is 7.62. The molecule has 146 valence electrons. The minimum atomic E-state index is -0.0633. The maximum Gasteiger partial charge on any atom is 0.255 e. The first-order valence-electron chi connectivity index (χ1n) is 9.59. The minimum absolute atomic E-state index is 0.0633. The topological polar surface area (TPSA) is 50.2 Å². The second-order valence-electron chi connectivity index (χ2n) is 7.20. The van der Waals surface area contributed by atoms with Gasteiger partial charge in [0.2, 0.25) is 0 Å². The summed E-state index contributed by atoms with van der Waals surface area (Å²) in [7, 11) is 2.03. The van der Waals surface area contributed by atoms with Crippen LogP contribution < -0.4 is 10.2 Å². The van der Waals surface area contributed by atoms with Crippen LogP contribution >= 0.6 is 0 Å². The van der Waals surface area contributed by atoms with Crippen molar-refractivity contribution in [3.05, 3.63) is 82.7 Å². The SMILES string of the molecule is Cc1ccc(Cn2nc(C)c(C(=O)NCCN(C)c3ccccc3)c2C)cc1. The van der Waals surface area contributed by atoms with E-state index in [0.29, 0.717) is 18.7 Å². The number of hydrogen-bond donors (Lipinski definition) is 1. The van der Waals surface area contributed by atoms with Crippen molar-refractivity contribution in [1.82, 2.24) is 15.1 Å². The van der Waals surface area contributed by atoms with Crippen LogP contribution in [0, 0.1) is 20.8 Å². The summed E-state index contributed by atoms with van der Waals surface area (Å²) >= 11 is 0. The second-order valence-corrected chi connectivity index (χ2v) is 7.20. The highest BCUT2D eigenvalue weighted by molar-refractivity contribution is 5.96. The fraction of sp³-hybridized carbons (Fsp3) is 0.304. The monoisotopic (exact) mass is 376 g/mol. The lowest BCUT2D eigenvalue weighted by atomic mass is 10.1. The van der Waals surface area contributed by atoms with Crippen LogP contribution in [0.2, 0.25) is 0 Å². The number of rotatable bonds is 7. The summed E-state index contributed by atoms with van der Waals surface area (Å²) in [5.74, 6) is -0.0633. The summed E-state index contributed by atoms with van der Waals surface area (Å²) in [6.45, 7) is 7.90. The molecule has 1 heterocycles. The quantitative estimate of drug-likeness (QED) is 0.684. The fourth-order valence-corrected chi connectivity index (χ4v) is 3.28. The zero-order valence-electron chi connectivity index (χ0n) is 17.1. The lowest BCUT2D eigenvalue weighted by molar-refractivity contribution is 0.0953. The van der Waals surface area contributed by atoms with Crippen molar-refractivity contribution in [1.29, 1.82) is 0 Å². The number of anilines is 1. The van der Waals surface area contributed by atoms with Gasteiger partial charge in [0.15, 0.2) is 0 Å². The maximum atomic E-state index is 12.7. The van der Waals surface area contributed by atoms with Gasteiger partial charge in [0.05, 0.1) is 17.8 Å². The Morgan fingerprint density at radius 1 is 1.04 bits per heavy atom. The molecule has 3 rings (SSSR count). The van der Waals surface area contributed by atoms with E-state index in [1.165, 1.54) is 11.1 Å². The molecule has 3 aromatic rings. The number of amides is 1. The summed E-state index contributed by atoms with van der Waals surface area (Å²) in [5.41, 5.74) is 5.88. The molecule has 0 radical (unpaired) electrons. The van der Waals surface area contributed by atoms with E-state index in [9.17, 15) is 4.79 Å². The van der Waals surface area contributed by atoms with Crippen LogP contribution in [0.5, 0.6) is 0 Å². The van der Waals surface area contributed by atoms with Gasteiger partial charge in [-0.15, -0.1) is 0 Å². The van der Waals surface area contributed by atoms with Gasteiger partial charge >= 0.3 is 0 Å². The molecule has 0 spiro atoms. The van der Waals surface area contributed by atoms with Crippen molar-refractivity contribution in [3.8, 4) is 0 Å². The summed E-state index contributed by atoms with van der Waals surface area (Å²) < 4.78 is 1.91. The average molecular weight is 377 g/mol. The van der Waals surface area contributed by atoms with E-state index in [1.54, 1.807) is 0 Å². The van der Waals surface area contributed by atoms with Gasteiger partial charge in [0.1, 0.15) is 0 Å². The van der Waals surface area contributed by atoms with E-state index in [4.69, 9.17) is 0 Å². The van der Waals surface area contributed by atoms with Crippen molar-refractivity contribution in [3.63, 3.8) is 0 Å². The average Bonchev–Trinajstić information content (AvgIpc) is 2.97. The molecular formula is C23H28N4O. The summed E-state index contributed by atoms with van der Waals surface area (Å²) in [6.07, 6.45) is 0. The van der Waals surface area contributed by atoms with Crippen molar-refractivity contribution >= 4 is 11.6 Å². The van der Waals surface area contributed by atoms with Crippen molar-refractivity contribution in [2.45, 2.75) is 27.3 Å². The Hall–Kier alpha value is -3.08. The van der Waals surface area contributed by atoms with E-state index in [2.05, 4.69) is 58.6 Å². The molecule has 1 aromatic heterocycles. The highest BCUT2D eigenvalue weighted by atomic mass is 16.1. The zero-order chi connectivity index (χ0) is 20.1. The van der Waals surface area contributed by atoms with Crippen LogP contribution in [-0.2, 0) is 6.54 Å². The first kappa shape index (κ1) is 19.7. The number of carbonyl (C=O) groups excluding carboxylic acids is 1. The van der Waals surface area contributed by atoms with Crippen molar-refractivity contribution in [2.75, 3.05) is 25.0 Å². The van der Waals surface area contributed by atoms with Gasteiger partial charge in [-0.2, -0.15) is 5.10 Å². The number of benzene rings is 2. The largest absolute Gasteiger partial charge is 0.373 e. The van der Waals surface area contributed by atoms with E-state index in [-0.39, 0.29) is 5.91 Å². The summed E-state index contributed by atoms with van der Waals surface area (Å²) in [6, 6.07) is 18.5. The third-order valence-electron chi connectivity index (χ3n) is 4.99. The van der Waals surface area contributed by atoms with Crippen LogP contribution in [-0.4, -0.2) is 35.8 Å². The smallest absolute Gasteiger partial charge is 0.255 e. The van der Waals surface area contributed by atoms with E-state index in [1.807, 2.05) is 43.8 Å². The number of carbonyl (C=O) groups is 1. The Morgan fingerprint density at radius 3 is 2.39 bits per heavy atom. The number of likely N-dealkylation sites (N-methyl/N-ethyl adjacent to an activating group) is 1. The van der Waals surface area contributed by atoms with Gasteiger partial charge in [-0.05, 0) is 38.5 Å². The van der Waals surface area contributed by atoms with Gasteiger partial charge in [0, 0.05) is 31.5 Å². The maximum absolute atomic E-state index is 12.7. The van der Waals surface area contributed by atoms with Crippen LogP contribution in [0.4, 0.5) is 5.69 Å². The number of hydrogen-bond acceptors (Lipinski definition) is 3. The van der Waals surface area contributed by atoms with Gasteiger partial charge < -0.3 is 10.2 Å². The molecule has 1 N–H and O–H groups in total. The Balaban J connectivity index is 1.62. The molecular weight excluding hydrogens is 348 g/mol. The van der Waals surface area contributed by atoms with Gasteiger partial charge in [-0.25, -0.2) is 0 Å². The molecule has 0 aliphatic heterocycles. The molecule has 0 unspecified atom stereocenters. The second kappa shape index (κ2) is 8.74. The highest BCUT2D eigenvalue weighted by Crippen LogP contribution is 2.15. The molecule has 28 heavy (non-hydrogen) atoms. The van der Waals surface area contributed by atoms with Crippen LogP contribution in [0.3, 0.4) is 0 Å². The first-order valence-corrected chi connectivity index (χ1v) is 9.59. The first-order chi connectivity index (χ1) is 13.5. The Labute approximate surface area is 167 Å². The molecule has 0 aliphatic rings. The van der Waals surface area contributed by atoms with Gasteiger partial charge in [-0.3, -0.25) is 9.48 Å². The summed E-state index contributed by atoms with van der Waals surface area (Å²) in [4.78, 5) is 14.9. The molecule has 5 heteroatoms. The van der Waals surface area contributed by atoms with Crippen molar-refractivity contribution in [2.24, 2.45) is 0 Å². The predicted molar refractivity (Wildman–Crippen MR) is 114 cm³/mol. The number of para-hydroxylation sites is 1. The van der Waals surface area contributed by atoms with E-state index >= 15 is 0 Å². The van der Waals surface area contributed by atoms with Gasteiger partial charge in [-0.1, -0.05) is 48.0 Å². The number of nitrogens with one attached hydrogen (secondary N) is 1.